The molecule has 81 heavy (non-hydrogen) atoms. The molecule has 0 aromatic carbocycles. The van der Waals surface area contributed by atoms with Crippen molar-refractivity contribution in [3.05, 3.63) is 134 Å². The summed E-state index contributed by atoms with van der Waals surface area (Å²) in [7, 11) is 0. The van der Waals surface area contributed by atoms with Gasteiger partial charge in [-0.25, -0.2) is 0 Å². The summed E-state index contributed by atoms with van der Waals surface area (Å²) >= 11 is 0. The molecule has 9 N–H and O–H groups in total. The smallest absolute Gasteiger partial charge is 0.220 e. The minimum absolute atomic E-state index is 0.205. The van der Waals surface area contributed by atoms with Crippen LogP contribution in [0.2, 0.25) is 0 Å². The fourth-order valence-corrected chi connectivity index (χ4v) is 9.10. The molecule has 2 saturated heterocycles. The molecular formula is C67H109NO13. The number of carbonyl (C=O) groups excluding carboxylic acids is 1. The number of hydrogen-bond donors (Lipinski definition) is 9. The highest BCUT2D eigenvalue weighted by atomic mass is 16.7. The summed E-state index contributed by atoms with van der Waals surface area (Å²) in [6.45, 7) is 2.61. The first kappa shape index (κ1) is 73.2. The molecule has 2 rings (SSSR count). The molecule has 2 fully saturated rings. The second-order valence-corrected chi connectivity index (χ2v) is 21.1. The maximum absolute atomic E-state index is 13.3. The van der Waals surface area contributed by atoms with Crippen molar-refractivity contribution in [3.63, 3.8) is 0 Å². The number of unbranched alkanes of at least 4 members (excludes halogenated alkanes) is 14. The van der Waals surface area contributed by atoms with E-state index < -0.39 is 86.8 Å². The maximum atomic E-state index is 13.3. The van der Waals surface area contributed by atoms with Crippen LogP contribution in [0, 0.1) is 0 Å². The monoisotopic (exact) mass is 1140 g/mol. The zero-order chi connectivity index (χ0) is 58.8. The van der Waals surface area contributed by atoms with Crippen LogP contribution in [0.5, 0.6) is 0 Å². The Bertz CT molecular complexity index is 1870. The summed E-state index contributed by atoms with van der Waals surface area (Å²) in [6.07, 6.45) is 57.7. The van der Waals surface area contributed by atoms with Gasteiger partial charge in [-0.15, -0.1) is 0 Å². The van der Waals surface area contributed by atoms with Crippen LogP contribution in [0.1, 0.15) is 187 Å². The van der Waals surface area contributed by atoms with Crippen molar-refractivity contribution in [1.29, 1.82) is 0 Å². The van der Waals surface area contributed by atoms with Gasteiger partial charge in [0.25, 0.3) is 0 Å². The van der Waals surface area contributed by atoms with Crippen molar-refractivity contribution < 1.29 is 64.6 Å². The number of rotatable bonds is 47. The standard InChI is InChI=1S/C67H109NO13/c1-3-5-7-9-11-13-15-17-19-21-23-25-26-27-28-29-30-31-33-35-37-39-41-43-45-47-49-51-59(72)68-55(56(71)50-48-46-44-42-40-38-36-34-32-24-22-20-18-16-14-12-10-8-6-4-2)54-78-66-64(77)62(75)65(58(53-70)80-66)81-67-63(76)61(74)60(73)57(52-69)79-67/h5,7,11,13,17,19,23,25,27-28,30-32,34-35,37,40-43,48,50,55-58,60-67,69-71,73-77H,3-4,6,8-10,12,14-16,18,20-22,24,26,29,33,36,38-39,44-47,49,51-54H2,1-2H3,(H,68,72)/b7-5-,13-11-,19-17-,25-23-,28-27-,31-30-,34-32+,37-35-,42-40+,43-41-,50-48+. The number of nitrogens with one attached hydrogen (secondary N) is 1. The normalized spacial score (nSPS) is 25.1. The van der Waals surface area contributed by atoms with Crippen LogP contribution in [0.25, 0.3) is 0 Å². The molecule has 12 atom stereocenters. The van der Waals surface area contributed by atoms with Gasteiger partial charge >= 0.3 is 0 Å². The second-order valence-electron chi connectivity index (χ2n) is 21.1. The third-order valence-corrected chi connectivity index (χ3v) is 14.0. The molecule has 12 unspecified atom stereocenters. The van der Waals surface area contributed by atoms with Crippen LogP contribution >= 0.6 is 0 Å². The van der Waals surface area contributed by atoms with E-state index in [0.29, 0.717) is 12.8 Å². The molecule has 2 aliphatic rings. The zero-order valence-electron chi connectivity index (χ0n) is 49.5. The quantitative estimate of drug-likeness (QED) is 0.0204. The van der Waals surface area contributed by atoms with Gasteiger partial charge in [0.1, 0.15) is 48.8 Å². The van der Waals surface area contributed by atoms with E-state index in [4.69, 9.17) is 18.9 Å². The molecule has 0 saturated carbocycles. The van der Waals surface area contributed by atoms with Crippen LogP contribution < -0.4 is 5.32 Å². The van der Waals surface area contributed by atoms with Gasteiger partial charge in [-0.2, -0.15) is 0 Å². The van der Waals surface area contributed by atoms with E-state index in [-0.39, 0.29) is 18.9 Å². The predicted octanol–water partition coefficient (Wildman–Crippen LogP) is 11.2. The number of aliphatic hydroxyl groups excluding tert-OH is 8. The second kappa shape index (κ2) is 50.6. The summed E-state index contributed by atoms with van der Waals surface area (Å²) in [5.74, 6) is -0.302. The molecule has 2 heterocycles. The lowest BCUT2D eigenvalue weighted by atomic mass is 9.97. The minimum Gasteiger partial charge on any atom is -0.394 e. The Kier molecular flexibility index (Phi) is 45.8. The van der Waals surface area contributed by atoms with Gasteiger partial charge in [0.2, 0.25) is 5.91 Å². The molecule has 0 bridgehead atoms. The predicted molar refractivity (Wildman–Crippen MR) is 327 cm³/mol. The van der Waals surface area contributed by atoms with Gasteiger partial charge in [0.15, 0.2) is 12.6 Å². The van der Waals surface area contributed by atoms with Crippen molar-refractivity contribution in [1.82, 2.24) is 5.32 Å². The fraction of sp³-hybridized carbons (Fsp3) is 0.657. The Balaban J connectivity index is 1.81. The Morgan fingerprint density at radius 3 is 1.36 bits per heavy atom. The molecule has 0 aromatic heterocycles. The van der Waals surface area contributed by atoms with E-state index in [1.54, 1.807) is 6.08 Å². The van der Waals surface area contributed by atoms with E-state index >= 15 is 0 Å². The molecule has 0 radical (unpaired) electrons. The fourth-order valence-electron chi connectivity index (χ4n) is 9.10. The van der Waals surface area contributed by atoms with Crippen molar-refractivity contribution in [2.75, 3.05) is 19.8 Å². The van der Waals surface area contributed by atoms with Gasteiger partial charge in [0.05, 0.1) is 32.0 Å². The molecular weight excluding hydrogens is 1030 g/mol. The average Bonchev–Trinajstić information content (AvgIpc) is 3.62. The van der Waals surface area contributed by atoms with E-state index in [1.165, 1.54) is 64.2 Å². The molecule has 14 nitrogen and oxygen atoms in total. The lowest BCUT2D eigenvalue weighted by molar-refractivity contribution is -0.359. The first-order chi connectivity index (χ1) is 39.6. The van der Waals surface area contributed by atoms with E-state index in [2.05, 4.69) is 141 Å². The molecule has 0 aromatic rings. The highest BCUT2D eigenvalue weighted by Crippen LogP contribution is 2.30. The Morgan fingerprint density at radius 2 is 0.864 bits per heavy atom. The van der Waals surface area contributed by atoms with Crippen molar-refractivity contribution >= 4 is 5.91 Å². The Labute approximate surface area is 488 Å². The van der Waals surface area contributed by atoms with Crippen molar-refractivity contribution in [2.24, 2.45) is 0 Å². The van der Waals surface area contributed by atoms with Crippen LogP contribution in [-0.2, 0) is 23.7 Å². The van der Waals surface area contributed by atoms with Crippen LogP contribution in [0.4, 0.5) is 0 Å². The molecule has 0 spiro atoms. The number of amides is 1. The summed E-state index contributed by atoms with van der Waals surface area (Å²) < 4.78 is 22.7. The first-order valence-corrected chi connectivity index (χ1v) is 30.9. The SMILES string of the molecule is CC/C=C\C/C=C\C/C=C\C/C=C\C/C=C\C/C=C\C/C=C\C/C=C\CCCCC(=O)NC(COC1OC(CO)C(OC2OC(CO)C(O)C(O)C2O)C(O)C1O)C(O)/C=C/CC/C=C/CC/C=C/CCCCCCCCCCCC. The molecule has 2 aliphatic heterocycles. The first-order valence-electron chi connectivity index (χ1n) is 30.9. The average molecular weight is 1140 g/mol. The van der Waals surface area contributed by atoms with E-state index in [0.717, 1.165) is 89.9 Å². The number of allylic oxidation sites excluding steroid dienone is 21. The number of hydrogen-bond acceptors (Lipinski definition) is 13. The lowest BCUT2D eigenvalue weighted by Gasteiger charge is -2.46. The summed E-state index contributed by atoms with van der Waals surface area (Å²) in [4.78, 5) is 13.3. The lowest BCUT2D eigenvalue weighted by Crippen LogP contribution is -2.65. The van der Waals surface area contributed by atoms with Crippen LogP contribution in [0.3, 0.4) is 0 Å². The van der Waals surface area contributed by atoms with Gasteiger partial charge < -0.3 is 65.1 Å². The van der Waals surface area contributed by atoms with E-state index in [9.17, 15) is 45.6 Å². The third kappa shape index (κ3) is 35.8. The highest BCUT2D eigenvalue weighted by Gasteiger charge is 2.51. The Hall–Kier alpha value is -3.87. The number of carbonyl (C=O) groups is 1. The number of aliphatic hydroxyl groups is 8. The maximum Gasteiger partial charge on any atom is 0.220 e. The molecule has 0 aliphatic carbocycles. The van der Waals surface area contributed by atoms with Gasteiger partial charge in [0, 0.05) is 6.42 Å². The Morgan fingerprint density at radius 1 is 0.457 bits per heavy atom. The molecule has 14 heteroatoms. The number of ether oxygens (including phenoxy) is 4. The summed E-state index contributed by atoms with van der Waals surface area (Å²) in [5.41, 5.74) is 0. The van der Waals surface area contributed by atoms with Crippen LogP contribution in [-0.4, -0.2) is 140 Å². The third-order valence-electron chi connectivity index (χ3n) is 14.0. The van der Waals surface area contributed by atoms with E-state index in [1.807, 2.05) is 6.08 Å². The summed E-state index contributed by atoms with van der Waals surface area (Å²) in [5, 5.41) is 87.1. The van der Waals surface area contributed by atoms with Gasteiger partial charge in [-0.1, -0.05) is 205 Å². The minimum atomic E-state index is -1.80. The topological polar surface area (TPSA) is 228 Å². The van der Waals surface area contributed by atoms with Crippen LogP contribution in [0.15, 0.2) is 134 Å². The van der Waals surface area contributed by atoms with Crippen molar-refractivity contribution in [3.8, 4) is 0 Å². The van der Waals surface area contributed by atoms with Crippen molar-refractivity contribution in [2.45, 2.75) is 261 Å². The largest absolute Gasteiger partial charge is 0.394 e. The highest BCUT2D eigenvalue weighted by molar-refractivity contribution is 5.76. The zero-order valence-corrected chi connectivity index (χ0v) is 49.5. The van der Waals surface area contributed by atoms with Gasteiger partial charge in [-0.3, -0.25) is 4.79 Å². The van der Waals surface area contributed by atoms with Gasteiger partial charge in [-0.05, 0) is 109 Å². The molecule has 1 amide bonds. The summed E-state index contributed by atoms with van der Waals surface area (Å²) in [6, 6.07) is -0.973. The molecule has 460 valence electrons.